The third-order valence-electron chi connectivity index (χ3n) is 2.48. The molecule has 0 N–H and O–H groups in total. The third-order valence-corrected chi connectivity index (χ3v) is 4.02. The minimum atomic E-state index is -3.93. The Morgan fingerprint density at radius 1 is 1.05 bits per heavy atom. The van der Waals surface area contributed by atoms with E-state index in [4.69, 9.17) is 16.9 Å². The molecule has 0 unspecified atom stereocenters. The Labute approximate surface area is 122 Å². The van der Waals surface area contributed by atoms with Gasteiger partial charge in [-0.15, -0.1) is 4.40 Å². The second kappa shape index (κ2) is 5.87. The van der Waals surface area contributed by atoms with Crippen LogP contribution in [0.1, 0.15) is 5.56 Å². The Bertz CT molecular complexity index is 776. The lowest BCUT2D eigenvalue weighted by Crippen LogP contribution is -2.04. The van der Waals surface area contributed by atoms with Gasteiger partial charge in [0.05, 0.1) is 4.90 Å². The number of hydrogen-bond donors (Lipinski definition) is 0. The van der Waals surface area contributed by atoms with Gasteiger partial charge in [0.15, 0.2) is 5.71 Å². The highest BCUT2D eigenvalue weighted by molar-refractivity contribution is 7.90. The summed E-state index contributed by atoms with van der Waals surface area (Å²) in [6, 6.07) is 15.8. The lowest BCUT2D eigenvalue weighted by molar-refractivity contribution is 0.598. The summed E-state index contributed by atoms with van der Waals surface area (Å²) < 4.78 is 27.8. The minimum Gasteiger partial charge on any atom is -0.199 e. The van der Waals surface area contributed by atoms with Crippen LogP contribution in [0.3, 0.4) is 0 Å². The largest absolute Gasteiger partial charge is 0.283 e. The van der Waals surface area contributed by atoms with E-state index in [0.717, 1.165) is 0 Å². The van der Waals surface area contributed by atoms with Crippen LogP contribution in [0.15, 0.2) is 63.9 Å². The molecule has 0 saturated carbocycles. The predicted molar refractivity (Wildman–Crippen MR) is 77.2 cm³/mol. The van der Waals surface area contributed by atoms with E-state index in [1.807, 2.05) is 0 Å². The quantitative estimate of drug-likeness (QED) is 0.818. The molecule has 0 aliphatic rings. The Kier molecular flexibility index (Phi) is 4.18. The van der Waals surface area contributed by atoms with Crippen LogP contribution in [-0.2, 0) is 10.0 Å². The maximum atomic E-state index is 12.1. The van der Waals surface area contributed by atoms with E-state index in [0.29, 0.717) is 10.6 Å². The summed E-state index contributed by atoms with van der Waals surface area (Å²) in [5.41, 5.74) is 0.299. The monoisotopic (exact) mass is 304 g/mol. The SMILES string of the molecule is N#CC(=NS(=O)(=O)c1ccc(Cl)cc1)c1ccccc1. The van der Waals surface area contributed by atoms with Crippen molar-refractivity contribution in [3.05, 3.63) is 65.2 Å². The number of benzene rings is 2. The van der Waals surface area contributed by atoms with E-state index >= 15 is 0 Å². The normalized spacial score (nSPS) is 11.9. The fourth-order valence-corrected chi connectivity index (χ4v) is 2.61. The molecule has 2 aromatic rings. The summed E-state index contributed by atoms with van der Waals surface area (Å²) in [5, 5.41) is 9.49. The van der Waals surface area contributed by atoms with Crippen molar-refractivity contribution in [1.82, 2.24) is 0 Å². The van der Waals surface area contributed by atoms with Gasteiger partial charge in [0.25, 0.3) is 10.0 Å². The number of nitriles is 1. The number of halogens is 1. The van der Waals surface area contributed by atoms with Crippen LogP contribution in [0.4, 0.5) is 0 Å². The summed E-state index contributed by atoms with van der Waals surface area (Å²) in [6.45, 7) is 0. The van der Waals surface area contributed by atoms with Crippen LogP contribution in [-0.4, -0.2) is 14.1 Å². The van der Waals surface area contributed by atoms with Crippen molar-refractivity contribution in [2.24, 2.45) is 4.40 Å². The third kappa shape index (κ3) is 3.23. The lowest BCUT2D eigenvalue weighted by atomic mass is 10.1. The Hall–Kier alpha value is -2.16. The molecule has 100 valence electrons. The zero-order chi connectivity index (χ0) is 14.6. The molecule has 2 rings (SSSR count). The fraction of sp³-hybridized carbons (Fsp3) is 0. The molecule has 0 amide bonds. The Morgan fingerprint density at radius 3 is 2.20 bits per heavy atom. The standard InChI is InChI=1S/C14H9ClN2O2S/c15-12-6-8-13(9-7-12)20(18,19)17-14(10-16)11-4-2-1-3-5-11/h1-9H. The first-order chi connectivity index (χ1) is 9.53. The molecule has 2 aromatic carbocycles. The van der Waals surface area contributed by atoms with Crippen LogP contribution in [0.25, 0.3) is 0 Å². The van der Waals surface area contributed by atoms with Crippen LogP contribution in [0, 0.1) is 11.3 Å². The van der Waals surface area contributed by atoms with Gasteiger partial charge in [0.1, 0.15) is 6.07 Å². The van der Waals surface area contributed by atoms with E-state index < -0.39 is 10.0 Å². The molecule has 0 spiro atoms. The topological polar surface area (TPSA) is 70.3 Å². The van der Waals surface area contributed by atoms with Gasteiger partial charge in [-0.2, -0.15) is 13.7 Å². The van der Waals surface area contributed by atoms with E-state index in [1.54, 1.807) is 36.4 Å². The first kappa shape index (κ1) is 14.3. The van der Waals surface area contributed by atoms with Crippen molar-refractivity contribution >= 4 is 27.3 Å². The molecular weight excluding hydrogens is 296 g/mol. The highest BCUT2D eigenvalue weighted by Gasteiger charge is 2.15. The van der Waals surface area contributed by atoms with Gasteiger partial charge < -0.3 is 0 Å². The second-order valence-electron chi connectivity index (χ2n) is 3.85. The molecule has 0 aliphatic heterocycles. The molecule has 0 saturated heterocycles. The van der Waals surface area contributed by atoms with Crippen molar-refractivity contribution in [3.63, 3.8) is 0 Å². The summed E-state index contributed by atoms with van der Waals surface area (Å²) in [4.78, 5) is -0.00872. The molecule has 20 heavy (non-hydrogen) atoms. The highest BCUT2D eigenvalue weighted by Crippen LogP contribution is 2.17. The van der Waals surface area contributed by atoms with Crippen LogP contribution >= 0.6 is 11.6 Å². The molecule has 0 heterocycles. The zero-order valence-corrected chi connectivity index (χ0v) is 11.8. The average Bonchev–Trinajstić information content (AvgIpc) is 2.46. The van der Waals surface area contributed by atoms with Crippen LogP contribution < -0.4 is 0 Å². The van der Waals surface area contributed by atoms with Gasteiger partial charge >= 0.3 is 0 Å². The van der Waals surface area contributed by atoms with Gasteiger partial charge in [-0.3, -0.25) is 0 Å². The maximum absolute atomic E-state index is 12.1. The summed E-state index contributed by atoms with van der Waals surface area (Å²) in [6.07, 6.45) is 0. The van der Waals surface area contributed by atoms with Gasteiger partial charge in [-0.25, -0.2) is 0 Å². The zero-order valence-electron chi connectivity index (χ0n) is 10.2. The number of sulfonamides is 1. The van der Waals surface area contributed by atoms with Crippen molar-refractivity contribution in [2.75, 3.05) is 0 Å². The van der Waals surface area contributed by atoms with Gasteiger partial charge in [-0.05, 0) is 24.3 Å². The number of nitrogens with zero attached hydrogens (tertiary/aromatic N) is 2. The lowest BCUT2D eigenvalue weighted by Gasteiger charge is -2.01. The van der Waals surface area contributed by atoms with Crippen molar-refractivity contribution in [3.8, 4) is 6.07 Å². The van der Waals surface area contributed by atoms with E-state index in [2.05, 4.69) is 4.40 Å². The van der Waals surface area contributed by atoms with E-state index in [1.165, 1.54) is 24.3 Å². The predicted octanol–water partition coefficient (Wildman–Crippen LogP) is 3.04. The Morgan fingerprint density at radius 2 is 1.65 bits per heavy atom. The molecule has 4 nitrogen and oxygen atoms in total. The van der Waals surface area contributed by atoms with E-state index in [9.17, 15) is 8.42 Å². The first-order valence-electron chi connectivity index (χ1n) is 5.59. The van der Waals surface area contributed by atoms with Gasteiger partial charge in [0, 0.05) is 10.6 Å². The second-order valence-corrected chi connectivity index (χ2v) is 5.89. The Balaban J connectivity index is 2.47. The van der Waals surface area contributed by atoms with Crippen LogP contribution in [0.2, 0.25) is 5.02 Å². The van der Waals surface area contributed by atoms with Crippen molar-refractivity contribution in [2.45, 2.75) is 4.90 Å². The minimum absolute atomic E-state index is 0.00872. The molecule has 6 heteroatoms. The molecule has 0 bridgehead atoms. The average molecular weight is 305 g/mol. The summed E-state index contributed by atoms with van der Waals surface area (Å²) >= 11 is 5.71. The van der Waals surface area contributed by atoms with Crippen molar-refractivity contribution in [1.29, 1.82) is 5.26 Å². The van der Waals surface area contributed by atoms with Gasteiger partial charge in [-0.1, -0.05) is 41.9 Å². The van der Waals surface area contributed by atoms with Crippen molar-refractivity contribution < 1.29 is 8.42 Å². The molecular formula is C14H9ClN2O2S. The highest BCUT2D eigenvalue weighted by atomic mass is 35.5. The van der Waals surface area contributed by atoms with E-state index in [-0.39, 0.29) is 10.6 Å². The molecule has 0 atom stereocenters. The number of hydrogen-bond acceptors (Lipinski definition) is 3. The van der Waals surface area contributed by atoms with Crippen LogP contribution in [0.5, 0.6) is 0 Å². The summed E-state index contributed by atoms with van der Waals surface area (Å²) in [7, 11) is -3.93. The smallest absolute Gasteiger partial charge is 0.199 e. The number of rotatable bonds is 3. The summed E-state index contributed by atoms with van der Waals surface area (Å²) in [5.74, 6) is 0. The van der Waals surface area contributed by atoms with Gasteiger partial charge in [0.2, 0.25) is 0 Å². The fourth-order valence-electron chi connectivity index (χ4n) is 1.51. The molecule has 0 radical (unpaired) electrons. The molecule has 0 fully saturated rings. The molecule has 0 aliphatic carbocycles. The first-order valence-corrected chi connectivity index (χ1v) is 7.41. The maximum Gasteiger partial charge on any atom is 0.283 e. The molecule has 0 aromatic heterocycles.